The summed E-state index contributed by atoms with van der Waals surface area (Å²) in [5.41, 5.74) is 1.05. The number of anilines is 1. The molecule has 3 aliphatic heterocycles. The number of hydrogen-bond acceptors (Lipinski definition) is 5. The lowest BCUT2D eigenvalue weighted by Crippen LogP contribution is -2.49. The highest BCUT2D eigenvalue weighted by atomic mass is 32.2. The molecular formula is C22H31N3O5S. The average molecular weight is 450 g/mol. The number of carbonyl (C=O) groups is 2. The largest absolute Gasteiger partial charge is 0.482 e. The van der Waals surface area contributed by atoms with Crippen LogP contribution >= 0.6 is 0 Å². The maximum absolute atomic E-state index is 13.3. The first kappa shape index (κ1) is 22.1. The highest BCUT2D eigenvalue weighted by Crippen LogP contribution is 2.35. The number of nitrogens with zero attached hydrogens (tertiary/aromatic N) is 2. The summed E-state index contributed by atoms with van der Waals surface area (Å²) in [4.78, 5) is 26.8. The summed E-state index contributed by atoms with van der Waals surface area (Å²) in [5.74, 6) is 0.192. The average Bonchev–Trinajstić information content (AvgIpc) is 2.78. The Morgan fingerprint density at radius 3 is 2.61 bits per heavy atom. The van der Waals surface area contributed by atoms with Gasteiger partial charge in [-0.15, -0.1) is 0 Å². The van der Waals surface area contributed by atoms with E-state index < -0.39 is 10.0 Å². The molecule has 1 N–H and O–H groups in total. The lowest BCUT2D eigenvalue weighted by molar-refractivity contribution is -0.140. The quantitative estimate of drug-likeness (QED) is 0.762. The molecule has 0 aliphatic carbocycles. The van der Waals surface area contributed by atoms with Gasteiger partial charge >= 0.3 is 0 Å². The molecule has 3 heterocycles. The minimum absolute atomic E-state index is 0.109. The van der Waals surface area contributed by atoms with E-state index in [0.29, 0.717) is 49.0 Å². The van der Waals surface area contributed by atoms with Crippen molar-refractivity contribution >= 4 is 27.5 Å². The third-order valence-electron chi connectivity index (χ3n) is 6.71. The first-order chi connectivity index (χ1) is 14.8. The smallest absolute Gasteiger partial charge is 0.262 e. The van der Waals surface area contributed by atoms with E-state index in [0.717, 1.165) is 25.8 Å². The highest BCUT2D eigenvalue weighted by Gasteiger charge is 2.37. The molecule has 0 radical (unpaired) electrons. The topological polar surface area (TPSA) is 96.0 Å². The van der Waals surface area contributed by atoms with Crippen LogP contribution in [0.2, 0.25) is 0 Å². The van der Waals surface area contributed by atoms with E-state index in [1.807, 2.05) is 4.90 Å². The Hall–Kier alpha value is -2.13. The van der Waals surface area contributed by atoms with Crippen molar-refractivity contribution in [1.82, 2.24) is 9.21 Å². The van der Waals surface area contributed by atoms with Crippen molar-refractivity contribution in [3.05, 3.63) is 17.7 Å². The number of sulfonamides is 1. The van der Waals surface area contributed by atoms with E-state index in [-0.39, 0.29) is 29.2 Å². The summed E-state index contributed by atoms with van der Waals surface area (Å²) in [7, 11) is -3.71. The predicted octanol–water partition coefficient (Wildman–Crippen LogP) is 2.52. The maximum Gasteiger partial charge on any atom is 0.262 e. The second kappa shape index (κ2) is 8.78. The van der Waals surface area contributed by atoms with E-state index in [4.69, 9.17) is 4.74 Å². The molecule has 0 saturated carbocycles. The van der Waals surface area contributed by atoms with Crippen molar-refractivity contribution in [2.45, 2.75) is 63.3 Å². The van der Waals surface area contributed by atoms with E-state index in [9.17, 15) is 18.0 Å². The summed E-state index contributed by atoms with van der Waals surface area (Å²) in [6.45, 7) is 5.20. The monoisotopic (exact) mass is 449 g/mol. The zero-order chi connectivity index (χ0) is 22.2. The SMILES string of the molecule is CC[C@H]1CCCCN1C(=O)C1CCN(S(=O)(=O)c2cc3c(cc2C)NC(=O)CO3)CC1. The molecule has 9 heteroatoms. The number of likely N-dealkylation sites (tertiary alicyclic amines) is 1. The van der Waals surface area contributed by atoms with Crippen LogP contribution in [0.25, 0.3) is 0 Å². The summed E-state index contributed by atoms with van der Waals surface area (Å²) < 4.78 is 33.5. The van der Waals surface area contributed by atoms with Gasteiger partial charge in [0.1, 0.15) is 5.75 Å². The molecular weight excluding hydrogens is 418 g/mol. The van der Waals surface area contributed by atoms with E-state index in [2.05, 4.69) is 12.2 Å². The molecule has 0 unspecified atom stereocenters. The summed E-state index contributed by atoms with van der Waals surface area (Å²) in [5, 5.41) is 2.70. The van der Waals surface area contributed by atoms with Crippen molar-refractivity contribution in [1.29, 1.82) is 0 Å². The van der Waals surface area contributed by atoms with Crippen LogP contribution in [0.3, 0.4) is 0 Å². The van der Waals surface area contributed by atoms with Crippen molar-refractivity contribution in [2.24, 2.45) is 5.92 Å². The van der Waals surface area contributed by atoms with Crippen molar-refractivity contribution in [3.8, 4) is 5.75 Å². The van der Waals surface area contributed by atoms with Crippen LogP contribution in [0.5, 0.6) is 5.75 Å². The normalized spacial score (nSPS) is 23.1. The molecule has 3 aliphatic rings. The molecule has 2 fully saturated rings. The Kier molecular flexibility index (Phi) is 6.25. The van der Waals surface area contributed by atoms with Gasteiger partial charge < -0.3 is 15.0 Å². The van der Waals surface area contributed by atoms with Gasteiger partial charge in [0.15, 0.2) is 6.61 Å². The van der Waals surface area contributed by atoms with Crippen LogP contribution in [0.4, 0.5) is 5.69 Å². The Bertz CT molecular complexity index is 970. The Labute approximate surface area is 184 Å². The number of nitrogens with one attached hydrogen (secondary N) is 1. The minimum atomic E-state index is -3.71. The third kappa shape index (κ3) is 4.30. The minimum Gasteiger partial charge on any atom is -0.482 e. The summed E-state index contributed by atoms with van der Waals surface area (Å²) in [6.07, 6.45) is 5.35. The summed E-state index contributed by atoms with van der Waals surface area (Å²) in [6, 6.07) is 3.45. The second-order valence-electron chi connectivity index (χ2n) is 8.72. The molecule has 1 atom stereocenters. The predicted molar refractivity (Wildman–Crippen MR) is 116 cm³/mol. The number of amides is 2. The summed E-state index contributed by atoms with van der Waals surface area (Å²) >= 11 is 0. The molecule has 0 bridgehead atoms. The van der Waals surface area contributed by atoms with Gasteiger partial charge in [-0.05, 0) is 57.1 Å². The number of hydrogen-bond donors (Lipinski definition) is 1. The van der Waals surface area contributed by atoms with Crippen LogP contribution in [-0.4, -0.2) is 61.7 Å². The van der Waals surface area contributed by atoms with Crippen molar-refractivity contribution < 1.29 is 22.7 Å². The fourth-order valence-corrected chi connectivity index (χ4v) is 6.62. The maximum atomic E-state index is 13.3. The van der Waals surface area contributed by atoms with Gasteiger partial charge in [0.25, 0.3) is 5.91 Å². The Morgan fingerprint density at radius 1 is 1.16 bits per heavy atom. The van der Waals surface area contributed by atoms with E-state index >= 15 is 0 Å². The number of carbonyl (C=O) groups excluding carboxylic acids is 2. The van der Waals surface area contributed by atoms with Gasteiger partial charge in [-0.3, -0.25) is 9.59 Å². The van der Waals surface area contributed by atoms with Crippen LogP contribution in [0.15, 0.2) is 17.0 Å². The molecule has 0 spiro atoms. The van der Waals surface area contributed by atoms with Gasteiger partial charge in [0.2, 0.25) is 15.9 Å². The molecule has 4 rings (SSSR count). The lowest BCUT2D eigenvalue weighted by atomic mass is 9.92. The van der Waals surface area contributed by atoms with Crippen LogP contribution in [0, 0.1) is 12.8 Å². The first-order valence-electron chi connectivity index (χ1n) is 11.2. The van der Waals surface area contributed by atoms with Crippen LogP contribution in [0.1, 0.15) is 51.0 Å². The van der Waals surface area contributed by atoms with Gasteiger partial charge in [0.05, 0.1) is 10.6 Å². The zero-order valence-corrected chi connectivity index (χ0v) is 19.0. The number of benzene rings is 1. The fraction of sp³-hybridized carbons (Fsp3) is 0.636. The molecule has 2 amide bonds. The number of aryl methyl sites for hydroxylation is 1. The molecule has 170 valence electrons. The second-order valence-corrected chi connectivity index (χ2v) is 10.6. The molecule has 1 aromatic carbocycles. The molecule has 2 saturated heterocycles. The highest BCUT2D eigenvalue weighted by molar-refractivity contribution is 7.89. The van der Waals surface area contributed by atoms with Crippen molar-refractivity contribution in [3.63, 3.8) is 0 Å². The Balaban J connectivity index is 1.46. The number of ether oxygens (including phenoxy) is 1. The van der Waals surface area contributed by atoms with E-state index in [1.165, 1.54) is 16.8 Å². The van der Waals surface area contributed by atoms with Crippen LogP contribution in [-0.2, 0) is 19.6 Å². The van der Waals surface area contributed by atoms with Gasteiger partial charge in [-0.1, -0.05) is 6.92 Å². The number of rotatable bonds is 4. The Morgan fingerprint density at radius 2 is 1.90 bits per heavy atom. The van der Waals surface area contributed by atoms with Gasteiger partial charge in [-0.2, -0.15) is 4.31 Å². The fourth-order valence-electron chi connectivity index (χ4n) is 4.93. The number of fused-ring (bicyclic) bond motifs is 1. The first-order valence-corrected chi connectivity index (χ1v) is 12.6. The molecule has 0 aromatic heterocycles. The standard InChI is InChI=1S/C22H31N3O5S/c1-3-17-6-4-5-9-25(17)22(27)16-7-10-24(11-8-16)31(28,29)20-13-19-18(12-15(20)2)23-21(26)14-30-19/h12-13,16-17H,3-11,14H2,1-2H3,(H,23,26)/t17-/m0/s1. The lowest BCUT2D eigenvalue weighted by Gasteiger charge is -2.39. The van der Waals surface area contributed by atoms with E-state index in [1.54, 1.807) is 13.0 Å². The molecule has 31 heavy (non-hydrogen) atoms. The van der Waals surface area contributed by atoms with Gasteiger partial charge in [0, 0.05) is 37.7 Å². The number of piperidine rings is 2. The zero-order valence-electron chi connectivity index (χ0n) is 18.2. The third-order valence-corrected chi connectivity index (χ3v) is 8.75. The van der Waals surface area contributed by atoms with Crippen LogP contribution < -0.4 is 10.1 Å². The van der Waals surface area contributed by atoms with Crippen molar-refractivity contribution in [2.75, 3.05) is 31.6 Å². The van der Waals surface area contributed by atoms with Gasteiger partial charge in [-0.25, -0.2) is 8.42 Å². The molecule has 8 nitrogen and oxygen atoms in total. The molecule has 1 aromatic rings.